The molecule has 5 N–H and O–H groups in total. The summed E-state index contributed by atoms with van der Waals surface area (Å²) in [4.78, 5) is 39.1. The molecule has 39 heavy (non-hydrogen) atoms. The fraction of sp³-hybridized carbons (Fsp3) is 0.480. The van der Waals surface area contributed by atoms with Crippen molar-refractivity contribution in [3.05, 3.63) is 42.0 Å². The molecule has 0 saturated carbocycles. The number of ether oxygens (including phenoxy) is 3. The Balaban J connectivity index is 1.21. The minimum atomic E-state index is -1.28. The zero-order valence-electron chi connectivity index (χ0n) is 21.2. The predicted octanol–water partition coefficient (Wildman–Crippen LogP) is 0.260. The first kappa shape index (κ1) is 26.7. The molecular formula is C25H30N6O8. The van der Waals surface area contributed by atoms with E-state index in [0.717, 1.165) is 0 Å². The number of rotatable bonds is 6. The number of likely N-dealkylation sites (tertiary alicyclic amines) is 1. The van der Waals surface area contributed by atoms with Crippen LogP contribution in [0.4, 0.5) is 10.6 Å². The van der Waals surface area contributed by atoms with Crippen LogP contribution in [0.15, 0.2) is 30.6 Å². The van der Waals surface area contributed by atoms with E-state index in [2.05, 4.69) is 19.7 Å². The van der Waals surface area contributed by atoms with Crippen molar-refractivity contribution < 1.29 is 39.1 Å². The predicted molar refractivity (Wildman–Crippen MR) is 135 cm³/mol. The Morgan fingerprint density at radius 3 is 2.49 bits per heavy atom. The van der Waals surface area contributed by atoms with Gasteiger partial charge in [-0.3, -0.25) is 4.57 Å². The van der Waals surface area contributed by atoms with Crippen molar-refractivity contribution >= 4 is 29.0 Å². The number of nitrogens with zero attached hydrogens (tertiary/aromatic N) is 5. The first-order chi connectivity index (χ1) is 18.8. The Morgan fingerprint density at radius 1 is 1.13 bits per heavy atom. The van der Waals surface area contributed by atoms with Crippen LogP contribution in [0.5, 0.6) is 5.75 Å². The molecule has 0 bridgehead atoms. The van der Waals surface area contributed by atoms with E-state index in [1.807, 2.05) is 0 Å². The van der Waals surface area contributed by atoms with E-state index in [1.54, 1.807) is 17.0 Å². The fourth-order valence-corrected chi connectivity index (χ4v) is 4.89. The topological polar surface area (TPSA) is 195 Å². The van der Waals surface area contributed by atoms with Gasteiger partial charge in [-0.2, -0.15) is 0 Å². The van der Waals surface area contributed by atoms with E-state index in [0.29, 0.717) is 60.7 Å². The maximum Gasteiger partial charge on any atom is 0.415 e. The molecule has 0 aliphatic carbocycles. The number of hydrogen-bond donors (Lipinski definition) is 4. The second-order valence-corrected chi connectivity index (χ2v) is 9.60. The van der Waals surface area contributed by atoms with Gasteiger partial charge in [0.2, 0.25) is 0 Å². The van der Waals surface area contributed by atoms with E-state index in [1.165, 1.54) is 30.1 Å². The number of hydrogen-bond acceptors (Lipinski definition) is 12. The van der Waals surface area contributed by atoms with Crippen LogP contribution in [0, 0.1) is 5.92 Å². The molecule has 1 aromatic carbocycles. The number of aliphatic hydroxyl groups excluding tert-OH is 3. The van der Waals surface area contributed by atoms with Gasteiger partial charge in [0.05, 0.1) is 25.6 Å². The van der Waals surface area contributed by atoms with Crippen LogP contribution in [0.25, 0.3) is 11.2 Å². The maximum atomic E-state index is 12.6. The number of nitrogen functional groups attached to an aromatic ring is 1. The quantitative estimate of drug-likeness (QED) is 0.311. The second-order valence-electron chi connectivity index (χ2n) is 9.60. The minimum Gasteiger partial charge on any atom is -0.465 e. The van der Waals surface area contributed by atoms with Crippen molar-refractivity contribution in [1.82, 2.24) is 24.4 Å². The molecule has 2 aliphatic rings. The van der Waals surface area contributed by atoms with Crippen molar-refractivity contribution in [3.8, 4) is 5.75 Å². The van der Waals surface area contributed by atoms with Gasteiger partial charge in [0.1, 0.15) is 35.4 Å². The van der Waals surface area contributed by atoms with Crippen molar-refractivity contribution in [2.24, 2.45) is 5.92 Å². The number of amides is 1. The number of anilines is 1. The number of aromatic nitrogens is 4. The molecule has 2 unspecified atom stereocenters. The number of fused-ring (bicyclic) bond motifs is 1. The number of aliphatic hydroxyl groups is 3. The van der Waals surface area contributed by atoms with Crippen LogP contribution in [0.3, 0.4) is 0 Å². The second kappa shape index (κ2) is 11.1. The molecular weight excluding hydrogens is 512 g/mol. The lowest BCUT2D eigenvalue weighted by atomic mass is 9.93. The monoisotopic (exact) mass is 542 g/mol. The summed E-state index contributed by atoms with van der Waals surface area (Å²) in [6.45, 7) is 0.529. The first-order valence-corrected chi connectivity index (χ1v) is 12.6. The molecule has 14 nitrogen and oxygen atoms in total. The van der Waals surface area contributed by atoms with Crippen LogP contribution in [-0.2, 0) is 15.9 Å². The lowest BCUT2D eigenvalue weighted by molar-refractivity contribution is -0.0511. The lowest BCUT2D eigenvalue weighted by Gasteiger charge is -2.31. The number of nitrogens with two attached hydrogens (primary N) is 1. The highest BCUT2D eigenvalue weighted by Crippen LogP contribution is 2.32. The van der Waals surface area contributed by atoms with Gasteiger partial charge in [0.15, 0.2) is 17.7 Å². The van der Waals surface area contributed by atoms with Crippen LogP contribution >= 0.6 is 0 Å². The van der Waals surface area contributed by atoms with Gasteiger partial charge < -0.3 is 40.2 Å². The smallest absolute Gasteiger partial charge is 0.415 e. The molecule has 0 radical (unpaired) electrons. The van der Waals surface area contributed by atoms with Gasteiger partial charge in [-0.25, -0.2) is 24.5 Å². The third-order valence-corrected chi connectivity index (χ3v) is 7.11. The van der Waals surface area contributed by atoms with E-state index in [9.17, 15) is 24.9 Å². The number of imidazole rings is 1. The number of piperidine rings is 1. The molecule has 4 heterocycles. The standard InChI is InChI=1S/C25H30N6O8/c1-37-24(35)14-2-4-15(5-3-14)38-25(36)30-8-6-13(7-9-30)10-17-28-21(26)18-22(29-17)31(12-27-18)23-20(34)19(33)16(11-32)39-23/h2-5,12-13,16,19-20,23,32-34H,6-11H2,1H3,(H2,26,28,29)/t16-,19?,20?,23-/m1/s1. The molecule has 5 rings (SSSR count). The minimum absolute atomic E-state index is 0.180. The molecule has 208 valence electrons. The van der Waals surface area contributed by atoms with Gasteiger partial charge in [0, 0.05) is 19.5 Å². The summed E-state index contributed by atoms with van der Waals surface area (Å²) in [7, 11) is 1.30. The summed E-state index contributed by atoms with van der Waals surface area (Å²) < 4.78 is 17.2. The van der Waals surface area contributed by atoms with E-state index in [4.69, 9.17) is 15.2 Å². The van der Waals surface area contributed by atoms with Gasteiger partial charge in [0.25, 0.3) is 0 Å². The zero-order chi connectivity index (χ0) is 27.7. The largest absolute Gasteiger partial charge is 0.465 e. The third-order valence-electron chi connectivity index (χ3n) is 7.11. The maximum absolute atomic E-state index is 12.6. The van der Waals surface area contributed by atoms with Crippen LogP contribution in [-0.4, -0.2) is 96.9 Å². The van der Waals surface area contributed by atoms with E-state index in [-0.39, 0.29) is 11.7 Å². The Morgan fingerprint density at radius 2 is 1.85 bits per heavy atom. The lowest BCUT2D eigenvalue weighted by Crippen LogP contribution is -2.40. The Hall–Kier alpha value is -3.85. The van der Waals surface area contributed by atoms with E-state index < -0.39 is 43.2 Å². The Bertz CT molecular complexity index is 1340. The average Bonchev–Trinajstić information content (AvgIpc) is 3.49. The van der Waals surface area contributed by atoms with Gasteiger partial charge >= 0.3 is 12.1 Å². The summed E-state index contributed by atoms with van der Waals surface area (Å²) in [5.41, 5.74) is 7.20. The Kier molecular flexibility index (Phi) is 7.61. The summed E-state index contributed by atoms with van der Waals surface area (Å²) in [5.74, 6) is 0.719. The summed E-state index contributed by atoms with van der Waals surface area (Å²) >= 11 is 0. The van der Waals surface area contributed by atoms with Crippen LogP contribution in [0.2, 0.25) is 0 Å². The summed E-state index contributed by atoms with van der Waals surface area (Å²) in [5, 5.41) is 30.0. The number of esters is 1. The van der Waals surface area contributed by atoms with Crippen molar-refractivity contribution in [1.29, 1.82) is 0 Å². The average molecular weight is 543 g/mol. The summed E-state index contributed by atoms with van der Waals surface area (Å²) in [6, 6.07) is 6.14. The number of carbonyl (C=O) groups excluding carboxylic acids is 2. The number of carbonyl (C=O) groups is 2. The molecule has 2 aliphatic heterocycles. The van der Waals surface area contributed by atoms with Crippen LogP contribution < -0.4 is 10.5 Å². The third kappa shape index (κ3) is 5.36. The molecule has 2 fully saturated rings. The number of benzene rings is 1. The fourth-order valence-electron chi connectivity index (χ4n) is 4.89. The van der Waals surface area contributed by atoms with Crippen molar-refractivity contribution in [2.75, 3.05) is 32.5 Å². The number of methoxy groups -OCH3 is 1. The molecule has 2 aromatic heterocycles. The highest BCUT2D eigenvalue weighted by atomic mass is 16.6. The van der Waals surface area contributed by atoms with Crippen molar-refractivity contribution in [3.63, 3.8) is 0 Å². The highest BCUT2D eigenvalue weighted by Gasteiger charge is 2.44. The Labute approximate surface area is 222 Å². The molecule has 3 aromatic rings. The molecule has 1 amide bonds. The van der Waals surface area contributed by atoms with Gasteiger partial charge in [-0.15, -0.1) is 0 Å². The van der Waals surface area contributed by atoms with E-state index >= 15 is 0 Å². The molecule has 4 atom stereocenters. The van der Waals surface area contributed by atoms with Crippen LogP contribution in [0.1, 0.15) is 35.3 Å². The SMILES string of the molecule is COC(=O)c1ccc(OC(=O)N2CCC(Cc3nc(N)c4ncn([C@@H]5O[C@H](CO)C(O)C5O)c4n3)CC2)cc1. The molecule has 14 heteroatoms. The van der Waals surface area contributed by atoms with Gasteiger partial charge in [-0.1, -0.05) is 0 Å². The first-order valence-electron chi connectivity index (χ1n) is 12.6. The summed E-state index contributed by atoms with van der Waals surface area (Å²) in [6.07, 6.45) is -1.61. The molecule has 2 saturated heterocycles. The van der Waals surface area contributed by atoms with Crippen molar-refractivity contribution in [2.45, 2.75) is 43.8 Å². The highest BCUT2D eigenvalue weighted by molar-refractivity contribution is 5.89. The van der Waals surface area contributed by atoms with Gasteiger partial charge in [-0.05, 0) is 43.0 Å². The normalized spacial score (nSPS) is 23.7. The molecule has 0 spiro atoms. The zero-order valence-corrected chi connectivity index (χ0v) is 21.2.